The van der Waals surface area contributed by atoms with Gasteiger partial charge in [0.2, 0.25) is 0 Å². The normalized spacial score (nSPS) is 10.2. The molecule has 5 nitrogen and oxygen atoms in total. The second-order valence-corrected chi connectivity index (χ2v) is 5.35. The van der Waals surface area contributed by atoms with Gasteiger partial charge in [0.15, 0.2) is 5.75 Å². The first-order chi connectivity index (χ1) is 9.11. The lowest BCUT2D eigenvalue weighted by Gasteiger charge is -2.08. The third kappa shape index (κ3) is 3.03. The van der Waals surface area contributed by atoms with Crippen LogP contribution in [-0.4, -0.2) is 12.0 Å². The number of para-hydroxylation sites is 1. The van der Waals surface area contributed by atoms with Gasteiger partial charge < -0.3 is 10.1 Å². The van der Waals surface area contributed by atoms with Crippen LogP contribution in [0, 0.1) is 17.0 Å². The number of benzene rings is 1. The lowest BCUT2D eigenvalue weighted by Crippen LogP contribution is -2.03. The zero-order valence-corrected chi connectivity index (χ0v) is 11.5. The second kappa shape index (κ2) is 5.71. The highest BCUT2D eigenvalue weighted by atomic mass is 32.1. The summed E-state index contributed by atoms with van der Waals surface area (Å²) in [6.07, 6.45) is 0. The number of methoxy groups -OCH3 is 1. The van der Waals surface area contributed by atoms with Crippen LogP contribution < -0.4 is 10.1 Å². The van der Waals surface area contributed by atoms with Gasteiger partial charge in [-0.3, -0.25) is 10.1 Å². The van der Waals surface area contributed by atoms with Gasteiger partial charge in [-0.15, -0.1) is 11.3 Å². The standard InChI is InChI=1S/C13H14N2O3S/c1-9-6-7-10(19-9)8-14-11-4-3-5-12(18-2)13(11)15(16)17/h3-7,14H,8H2,1-2H3. The Morgan fingerprint density at radius 3 is 2.74 bits per heavy atom. The Kier molecular flexibility index (Phi) is 4.01. The fourth-order valence-corrected chi connectivity index (χ4v) is 2.61. The van der Waals surface area contributed by atoms with Gasteiger partial charge in [0.25, 0.3) is 0 Å². The highest BCUT2D eigenvalue weighted by Gasteiger charge is 2.20. The summed E-state index contributed by atoms with van der Waals surface area (Å²) < 4.78 is 5.02. The summed E-state index contributed by atoms with van der Waals surface area (Å²) in [5, 5.41) is 14.2. The monoisotopic (exact) mass is 278 g/mol. The van der Waals surface area contributed by atoms with Crippen molar-refractivity contribution in [2.75, 3.05) is 12.4 Å². The van der Waals surface area contributed by atoms with Gasteiger partial charge in [-0.2, -0.15) is 0 Å². The first kappa shape index (κ1) is 13.4. The SMILES string of the molecule is COc1cccc(NCc2ccc(C)s2)c1[N+](=O)[O-]. The molecule has 2 rings (SSSR count). The lowest BCUT2D eigenvalue weighted by molar-refractivity contribution is -0.384. The molecule has 1 heterocycles. The average molecular weight is 278 g/mol. The molecular weight excluding hydrogens is 264 g/mol. The maximum atomic E-state index is 11.1. The maximum Gasteiger partial charge on any atom is 0.333 e. The summed E-state index contributed by atoms with van der Waals surface area (Å²) in [4.78, 5) is 13.0. The van der Waals surface area contributed by atoms with Gasteiger partial charge in [-0.05, 0) is 31.2 Å². The maximum absolute atomic E-state index is 11.1. The molecule has 6 heteroatoms. The number of thiophene rings is 1. The predicted molar refractivity (Wildman–Crippen MR) is 76.0 cm³/mol. The van der Waals surface area contributed by atoms with E-state index in [1.807, 2.05) is 19.1 Å². The van der Waals surface area contributed by atoms with E-state index in [4.69, 9.17) is 4.74 Å². The van der Waals surface area contributed by atoms with Crippen LogP contribution in [0.1, 0.15) is 9.75 Å². The largest absolute Gasteiger partial charge is 0.490 e. The van der Waals surface area contributed by atoms with E-state index in [0.717, 1.165) is 4.88 Å². The molecule has 0 fully saturated rings. The molecule has 0 atom stereocenters. The van der Waals surface area contributed by atoms with Crippen molar-refractivity contribution in [2.24, 2.45) is 0 Å². The molecule has 0 saturated heterocycles. The van der Waals surface area contributed by atoms with Crippen LogP contribution in [-0.2, 0) is 6.54 Å². The zero-order chi connectivity index (χ0) is 13.8. The van der Waals surface area contributed by atoms with Crippen molar-refractivity contribution >= 4 is 22.7 Å². The van der Waals surface area contributed by atoms with E-state index in [1.165, 1.54) is 12.0 Å². The van der Waals surface area contributed by atoms with Crippen LogP contribution in [0.25, 0.3) is 0 Å². The minimum Gasteiger partial charge on any atom is -0.490 e. The van der Waals surface area contributed by atoms with Crippen LogP contribution in [0.2, 0.25) is 0 Å². The summed E-state index contributed by atoms with van der Waals surface area (Å²) in [6, 6.07) is 9.04. The van der Waals surface area contributed by atoms with E-state index >= 15 is 0 Å². The molecule has 0 spiro atoms. The van der Waals surface area contributed by atoms with E-state index in [-0.39, 0.29) is 11.4 Å². The number of nitrogens with zero attached hydrogens (tertiary/aromatic N) is 1. The smallest absolute Gasteiger partial charge is 0.333 e. The molecule has 0 aliphatic heterocycles. The number of nitrogens with one attached hydrogen (secondary N) is 1. The summed E-state index contributed by atoms with van der Waals surface area (Å²) in [5.74, 6) is 0.261. The first-order valence-corrected chi connectivity index (χ1v) is 6.54. The molecule has 1 N–H and O–H groups in total. The number of nitro groups is 1. The molecule has 0 radical (unpaired) electrons. The van der Waals surface area contributed by atoms with Crippen molar-refractivity contribution in [3.8, 4) is 5.75 Å². The van der Waals surface area contributed by atoms with Crippen molar-refractivity contribution < 1.29 is 9.66 Å². The molecule has 0 saturated carbocycles. The molecular formula is C13H14N2O3S. The number of aryl methyl sites for hydroxylation is 1. The number of nitro benzene ring substituents is 1. The molecule has 1 aromatic carbocycles. The van der Waals surface area contributed by atoms with Crippen LogP contribution in [0.3, 0.4) is 0 Å². The molecule has 100 valence electrons. The Morgan fingerprint density at radius 2 is 2.16 bits per heavy atom. The van der Waals surface area contributed by atoms with E-state index in [0.29, 0.717) is 12.2 Å². The Hall–Kier alpha value is -2.08. The van der Waals surface area contributed by atoms with Crippen LogP contribution >= 0.6 is 11.3 Å². The van der Waals surface area contributed by atoms with Gasteiger partial charge in [0, 0.05) is 16.3 Å². The summed E-state index contributed by atoms with van der Waals surface area (Å²) in [6.45, 7) is 2.59. The Morgan fingerprint density at radius 1 is 1.37 bits per heavy atom. The summed E-state index contributed by atoms with van der Waals surface area (Å²) >= 11 is 1.67. The highest BCUT2D eigenvalue weighted by Crippen LogP contribution is 2.34. The average Bonchev–Trinajstić information content (AvgIpc) is 2.81. The number of anilines is 1. The topological polar surface area (TPSA) is 64.4 Å². The number of hydrogen-bond acceptors (Lipinski definition) is 5. The van der Waals surface area contributed by atoms with Crippen molar-refractivity contribution in [1.29, 1.82) is 0 Å². The third-order valence-corrected chi connectivity index (χ3v) is 3.65. The van der Waals surface area contributed by atoms with Crippen molar-refractivity contribution in [1.82, 2.24) is 0 Å². The van der Waals surface area contributed by atoms with E-state index < -0.39 is 4.92 Å². The number of rotatable bonds is 5. The summed E-state index contributed by atoms with van der Waals surface area (Å²) in [5.41, 5.74) is 0.439. The molecule has 1 aromatic heterocycles. The van der Waals surface area contributed by atoms with E-state index in [1.54, 1.807) is 29.5 Å². The fourth-order valence-electron chi connectivity index (χ4n) is 1.78. The van der Waals surface area contributed by atoms with Crippen LogP contribution in [0.5, 0.6) is 5.75 Å². The quantitative estimate of drug-likeness (QED) is 0.670. The minimum absolute atomic E-state index is 0.0294. The molecule has 0 aliphatic carbocycles. The summed E-state index contributed by atoms with van der Waals surface area (Å²) in [7, 11) is 1.43. The van der Waals surface area contributed by atoms with Gasteiger partial charge in [0.05, 0.1) is 12.0 Å². The minimum atomic E-state index is -0.430. The lowest BCUT2D eigenvalue weighted by atomic mass is 10.2. The number of hydrogen-bond donors (Lipinski definition) is 1. The molecule has 19 heavy (non-hydrogen) atoms. The molecule has 2 aromatic rings. The van der Waals surface area contributed by atoms with Crippen molar-refractivity contribution in [2.45, 2.75) is 13.5 Å². The Bertz CT molecular complexity index is 595. The van der Waals surface area contributed by atoms with E-state index in [2.05, 4.69) is 5.32 Å². The van der Waals surface area contributed by atoms with E-state index in [9.17, 15) is 10.1 Å². The Balaban J connectivity index is 2.22. The first-order valence-electron chi connectivity index (χ1n) is 5.72. The molecule has 0 bridgehead atoms. The third-order valence-electron chi connectivity index (χ3n) is 2.65. The van der Waals surface area contributed by atoms with Gasteiger partial charge in [0.1, 0.15) is 5.69 Å². The zero-order valence-electron chi connectivity index (χ0n) is 10.7. The second-order valence-electron chi connectivity index (χ2n) is 3.98. The predicted octanol–water partition coefficient (Wildman–Crippen LogP) is 3.59. The highest BCUT2D eigenvalue weighted by molar-refractivity contribution is 7.11. The van der Waals surface area contributed by atoms with Crippen molar-refractivity contribution in [3.05, 3.63) is 50.2 Å². The van der Waals surface area contributed by atoms with Crippen LogP contribution in [0.4, 0.5) is 11.4 Å². The van der Waals surface area contributed by atoms with Gasteiger partial charge in [-0.1, -0.05) is 6.07 Å². The van der Waals surface area contributed by atoms with Crippen LogP contribution in [0.15, 0.2) is 30.3 Å². The Labute approximate surface area is 115 Å². The fraction of sp³-hybridized carbons (Fsp3) is 0.231. The number of ether oxygens (including phenoxy) is 1. The van der Waals surface area contributed by atoms with Gasteiger partial charge in [-0.25, -0.2) is 0 Å². The van der Waals surface area contributed by atoms with Crippen molar-refractivity contribution in [3.63, 3.8) is 0 Å². The van der Waals surface area contributed by atoms with Gasteiger partial charge >= 0.3 is 5.69 Å². The molecule has 0 amide bonds. The molecule has 0 unspecified atom stereocenters. The molecule has 0 aliphatic rings.